The molecular formula is C19H18F2N2O3S. The van der Waals surface area contributed by atoms with E-state index in [2.05, 4.69) is 4.98 Å². The van der Waals surface area contributed by atoms with Crippen molar-refractivity contribution in [3.8, 4) is 0 Å². The van der Waals surface area contributed by atoms with Gasteiger partial charge in [0.25, 0.3) is 0 Å². The lowest BCUT2D eigenvalue weighted by Gasteiger charge is -2.08. The summed E-state index contributed by atoms with van der Waals surface area (Å²) in [5.74, 6) is -0.787. The fraction of sp³-hybridized carbons (Fsp3) is 0.316. The molecule has 0 saturated carbocycles. The van der Waals surface area contributed by atoms with Crippen molar-refractivity contribution in [2.24, 2.45) is 0 Å². The van der Waals surface area contributed by atoms with Crippen LogP contribution in [0.1, 0.15) is 45.3 Å². The van der Waals surface area contributed by atoms with E-state index in [4.69, 9.17) is 4.74 Å². The van der Waals surface area contributed by atoms with Gasteiger partial charge in [0, 0.05) is 21.7 Å². The van der Waals surface area contributed by atoms with Gasteiger partial charge in [-0.25, -0.2) is 4.98 Å². The standard InChI is InChI=1S/C19H18F2N2O3S/c1-11-9-13(12(2)27-11)16(24)7-8-18(25)26-10-17-22-14-5-3-4-6-15(14)23(17)19(20)21/h3-6,9,19H,7-8,10H2,1-2H3. The van der Waals surface area contributed by atoms with Crippen molar-refractivity contribution in [2.45, 2.75) is 39.8 Å². The minimum atomic E-state index is -2.79. The zero-order chi connectivity index (χ0) is 19.6. The Morgan fingerprint density at radius 2 is 1.96 bits per heavy atom. The van der Waals surface area contributed by atoms with E-state index in [-0.39, 0.29) is 36.6 Å². The molecule has 2 aromatic heterocycles. The largest absolute Gasteiger partial charge is 0.457 e. The van der Waals surface area contributed by atoms with Crippen LogP contribution in [0.15, 0.2) is 30.3 Å². The summed E-state index contributed by atoms with van der Waals surface area (Å²) in [6.07, 6.45) is -0.0941. The second-order valence-electron chi connectivity index (χ2n) is 6.08. The number of nitrogens with zero attached hydrogens (tertiary/aromatic N) is 2. The summed E-state index contributed by atoms with van der Waals surface area (Å²) in [5.41, 5.74) is 1.30. The number of halogens is 2. The smallest absolute Gasteiger partial charge is 0.320 e. The Hall–Kier alpha value is -2.61. The summed E-state index contributed by atoms with van der Waals surface area (Å²) >= 11 is 1.53. The predicted octanol–water partition coefficient (Wildman–Crippen LogP) is 4.82. The van der Waals surface area contributed by atoms with E-state index in [1.54, 1.807) is 24.3 Å². The maximum absolute atomic E-state index is 13.3. The molecule has 0 N–H and O–H groups in total. The number of esters is 1. The number of hydrogen-bond acceptors (Lipinski definition) is 5. The fourth-order valence-corrected chi connectivity index (χ4v) is 3.83. The number of para-hydroxylation sites is 2. The van der Waals surface area contributed by atoms with E-state index in [1.807, 2.05) is 13.8 Å². The topological polar surface area (TPSA) is 61.2 Å². The summed E-state index contributed by atoms with van der Waals surface area (Å²) < 4.78 is 32.5. The quantitative estimate of drug-likeness (QED) is 0.427. The average Bonchev–Trinajstić information content (AvgIpc) is 3.16. The highest BCUT2D eigenvalue weighted by Gasteiger charge is 2.19. The normalized spacial score (nSPS) is 11.3. The number of thiophene rings is 1. The average molecular weight is 392 g/mol. The zero-order valence-corrected chi connectivity index (χ0v) is 15.7. The van der Waals surface area contributed by atoms with Crippen LogP contribution in [0.5, 0.6) is 0 Å². The van der Waals surface area contributed by atoms with Crippen LogP contribution in [0.2, 0.25) is 0 Å². The zero-order valence-electron chi connectivity index (χ0n) is 14.9. The van der Waals surface area contributed by atoms with Crippen LogP contribution in [-0.2, 0) is 16.1 Å². The van der Waals surface area contributed by atoms with Gasteiger partial charge in [-0.2, -0.15) is 8.78 Å². The molecule has 5 nitrogen and oxygen atoms in total. The van der Waals surface area contributed by atoms with Crippen molar-refractivity contribution >= 4 is 34.1 Å². The van der Waals surface area contributed by atoms with Gasteiger partial charge in [0.05, 0.1) is 17.5 Å². The maximum atomic E-state index is 13.3. The molecule has 8 heteroatoms. The molecule has 0 aliphatic heterocycles. The Morgan fingerprint density at radius 1 is 1.22 bits per heavy atom. The number of ether oxygens (including phenoxy) is 1. The molecule has 0 fully saturated rings. The highest BCUT2D eigenvalue weighted by molar-refractivity contribution is 7.12. The van der Waals surface area contributed by atoms with Gasteiger partial charge in [-0.1, -0.05) is 12.1 Å². The number of rotatable bonds is 7. The first-order valence-corrected chi connectivity index (χ1v) is 9.18. The number of fused-ring (bicyclic) bond motifs is 1. The first kappa shape index (κ1) is 19.2. The third-order valence-electron chi connectivity index (χ3n) is 4.12. The number of ketones is 1. The highest BCUT2D eigenvalue weighted by atomic mass is 32.1. The number of hydrogen-bond donors (Lipinski definition) is 0. The SMILES string of the molecule is Cc1cc(C(=O)CCC(=O)OCc2nc3ccccc3n2C(F)F)c(C)s1. The molecule has 142 valence electrons. The Kier molecular flexibility index (Phi) is 5.65. The third-order valence-corrected chi connectivity index (χ3v) is 5.09. The van der Waals surface area contributed by atoms with Crippen LogP contribution >= 0.6 is 11.3 Å². The summed E-state index contributed by atoms with van der Waals surface area (Å²) in [5, 5.41) is 0. The molecule has 3 aromatic rings. The van der Waals surface area contributed by atoms with Gasteiger partial charge in [-0.3, -0.25) is 14.2 Å². The van der Waals surface area contributed by atoms with E-state index in [0.717, 1.165) is 14.3 Å². The minimum absolute atomic E-state index is 0.0150. The minimum Gasteiger partial charge on any atom is -0.457 e. The maximum Gasteiger partial charge on any atom is 0.320 e. The second-order valence-corrected chi connectivity index (χ2v) is 7.54. The van der Waals surface area contributed by atoms with Crippen molar-refractivity contribution in [3.05, 3.63) is 51.5 Å². The molecule has 27 heavy (non-hydrogen) atoms. The molecule has 0 bridgehead atoms. The van der Waals surface area contributed by atoms with Crippen LogP contribution in [0.4, 0.5) is 8.78 Å². The summed E-state index contributed by atoms with van der Waals surface area (Å²) in [6, 6.07) is 8.28. The van der Waals surface area contributed by atoms with E-state index >= 15 is 0 Å². The van der Waals surface area contributed by atoms with Crippen molar-refractivity contribution in [1.29, 1.82) is 0 Å². The molecule has 3 rings (SSSR count). The van der Waals surface area contributed by atoms with Crippen LogP contribution in [0.25, 0.3) is 11.0 Å². The molecule has 0 aliphatic carbocycles. The number of imidazole rings is 1. The lowest BCUT2D eigenvalue weighted by atomic mass is 10.1. The molecule has 0 unspecified atom stereocenters. The summed E-state index contributed by atoms with van der Waals surface area (Å²) in [6.45, 7) is 0.607. The Bertz CT molecular complexity index is 994. The molecule has 0 atom stereocenters. The monoisotopic (exact) mass is 392 g/mol. The van der Waals surface area contributed by atoms with E-state index in [9.17, 15) is 18.4 Å². The Labute approximate surface area is 158 Å². The molecule has 2 heterocycles. The predicted molar refractivity (Wildman–Crippen MR) is 98.1 cm³/mol. The van der Waals surface area contributed by atoms with Gasteiger partial charge in [0.15, 0.2) is 11.6 Å². The second kappa shape index (κ2) is 7.96. The van der Waals surface area contributed by atoms with Gasteiger partial charge in [0.2, 0.25) is 0 Å². The summed E-state index contributed by atoms with van der Waals surface area (Å²) in [7, 11) is 0. The van der Waals surface area contributed by atoms with Crippen molar-refractivity contribution in [3.63, 3.8) is 0 Å². The van der Waals surface area contributed by atoms with Gasteiger partial charge >= 0.3 is 12.5 Å². The van der Waals surface area contributed by atoms with Gasteiger partial charge in [0.1, 0.15) is 6.61 Å². The van der Waals surface area contributed by atoms with Gasteiger partial charge < -0.3 is 4.74 Å². The molecule has 0 aliphatic rings. The number of alkyl halides is 2. The molecule has 0 spiro atoms. The number of carbonyl (C=O) groups excluding carboxylic acids is 2. The lowest BCUT2D eigenvalue weighted by Crippen LogP contribution is -2.12. The van der Waals surface area contributed by atoms with Crippen molar-refractivity contribution in [2.75, 3.05) is 0 Å². The highest BCUT2D eigenvalue weighted by Crippen LogP contribution is 2.24. The third kappa shape index (κ3) is 4.21. The molecular weight excluding hydrogens is 374 g/mol. The van der Waals surface area contributed by atoms with Crippen LogP contribution in [-0.4, -0.2) is 21.3 Å². The molecule has 1 aromatic carbocycles. The number of aryl methyl sites for hydroxylation is 2. The van der Waals surface area contributed by atoms with Crippen LogP contribution < -0.4 is 0 Å². The van der Waals surface area contributed by atoms with Crippen molar-refractivity contribution < 1.29 is 23.1 Å². The molecule has 0 amide bonds. The Balaban J connectivity index is 1.61. The van der Waals surface area contributed by atoms with Gasteiger partial charge in [-0.05, 0) is 32.0 Å². The number of Topliss-reactive ketones (excluding diaryl/α,β-unsaturated/α-hetero) is 1. The van der Waals surface area contributed by atoms with Crippen LogP contribution in [0, 0.1) is 13.8 Å². The lowest BCUT2D eigenvalue weighted by molar-refractivity contribution is -0.145. The van der Waals surface area contributed by atoms with Crippen LogP contribution in [0.3, 0.4) is 0 Å². The van der Waals surface area contributed by atoms with Crippen molar-refractivity contribution in [1.82, 2.24) is 9.55 Å². The number of aromatic nitrogens is 2. The van der Waals surface area contributed by atoms with Gasteiger partial charge in [-0.15, -0.1) is 11.3 Å². The van der Waals surface area contributed by atoms with E-state index < -0.39 is 12.5 Å². The van der Waals surface area contributed by atoms with E-state index in [1.165, 1.54) is 17.4 Å². The molecule has 0 saturated heterocycles. The van der Waals surface area contributed by atoms with E-state index in [0.29, 0.717) is 11.1 Å². The first-order valence-electron chi connectivity index (χ1n) is 8.36. The first-order chi connectivity index (χ1) is 12.9. The summed E-state index contributed by atoms with van der Waals surface area (Å²) in [4.78, 5) is 30.2. The fourth-order valence-electron chi connectivity index (χ4n) is 2.89. The number of benzene rings is 1. The number of carbonyl (C=O) groups is 2. The Morgan fingerprint density at radius 3 is 2.63 bits per heavy atom. The molecule has 0 radical (unpaired) electrons.